The van der Waals surface area contributed by atoms with E-state index < -0.39 is 35.3 Å². The van der Waals surface area contributed by atoms with E-state index in [2.05, 4.69) is 0 Å². The van der Waals surface area contributed by atoms with Crippen molar-refractivity contribution in [3.05, 3.63) is 35.4 Å². The van der Waals surface area contributed by atoms with Crippen LogP contribution in [-0.2, 0) is 0 Å². The zero-order chi connectivity index (χ0) is 13.4. The summed E-state index contributed by atoms with van der Waals surface area (Å²) in [5.74, 6) is -7.84. The van der Waals surface area contributed by atoms with Crippen LogP contribution in [-0.4, -0.2) is 12.1 Å². The molecule has 0 saturated carbocycles. The molecule has 104 valence electrons. The van der Waals surface area contributed by atoms with E-state index in [4.69, 9.17) is 5.73 Å². The van der Waals surface area contributed by atoms with Crippen LogP contribution in [0.1, 0.15) is 11.6 Å². The minimum absolute atomic E-state index is 0. The molecule has 18 heavy (non-hydrogen) atoms. The minimum atomic E-state index is -5.89. The van der Waals surface area contributed by atoms with Crippen LogP contribution < -0.4 is 5.73 Å². The number of hydrogen-bond acceptors (Lipinski definition) is 1. The van der Waals surface area contributed by atoms with Gasteiger partial charge in [0.2, 0.25) is 0 Å². The summed E-state index contributed by atoms with van der Waals surface area (Å²) in [6, 6.07) is -1.88. The maximum Gasteiger partial charge on any atom is 0.455 e. The molecule has 9 heteroatoms. The molecule has 0 aliphatic heterocycles. The van der Waals surface area contributed by atoms with Crippen molar-refractivity contribution in [3.8, 4) is 0 Å². The number of hydrogen-bond donors (Lipinski definition) is 1. The van der Waals surface area contributed by atoms with Crippen molar-refractivity contribution in [2.75, 3.05) is 0 Å². The zero-order valence-electron chi connectivity index (χ0n) is 8.44. The molecule has 0 aliphatic rings. The van der Waals surface area contributed by atoms with Crippen LogP contribution in [0.25, 0.3) is 0 Å². The number of rotatable bonds is 2. The molecule has 1 nitrogen and oxygen atoms in total. The van der Waals surface area contributed by atoms with Gasteiger partial charge in [-0.1, -0.05) is 0 Å². The lowest BCUT2D eigenvalue weighted by Gasteiger charge is -2.25. The highest BCUT2D eigenvalue weighted by Crippen LogP contribution is 2.43. The first-order valence-corrected chi connectivity index (χ1v) is 4.22. The Kier molecular flexibility index (Phi) is 5.01. The quantitative estimate of drug-likeness (QED) is 0.830. The van der Waals surface area contributed by atoms with Gasteiger partial charge in [-0.2, -0.15) is 22.0 Å². The highest BCUT2D eigenvalue weighted by Gasteiger charge is 2.61. The highest BCUT2D eigenvalue weighted by molar-refractivity contribution is 5.85. The summed E-state index contributed by atoms with van der Waals surface area (Å²) in [5.41, 5.74) is 3.73. The third-order valence-corrected chi connectivity index (χ3v) is 2.01. The Morgan fingerprint density at radius 3 is 1.61 bits per heavy atom. The molecule has 0 bridgehead atoms. The molecule has 0 aromatic heterocycles. The zero-order valence-corrected chi connectivity index (χ0v) is 9.26. The first kappa shape index (κ1) is 17.0. The molecule has 0 aliphatic carbocycles. The highest BCUT2D eigenvalue weighted by atomic mass is 35.5. The largest absolute Gasteiger partial charge is 0.455 e. The smallest absolute Gasteiger partial charge is 0.319 e. The molecule has 0 fully saturated rings. The Bertz CT molecular complexity index is 398. The molecule has 1 atom stereocenters. The maximum atomic E-state index is 12.8. The molecule has 0 spiro atoms. The van der Waals surface area contributed by atoms with Crippen molar-refractivity contribution in [1.82, 2.24) is 0 Å². The van der Waals surface area contributed by atoms with Gasteiger partial charge in [-0.05, 0) is 17.7 Å². The van der Waals surface area contributed by atoms with E-state index in [-0.39, 0.29) is 12.4 Å². The maximum absolute atomic E-state index is 12.8. The Morgan fingerprint density at radius 1 is 0.889 bits per heavy atom. The third-order valence-electron chi connectivity index (χ3n) is 2.01. The summed E-state index contributed by atoms with van der Waals surface area (Å²) in [6.45, 7) is 0. The molecule has 0 unspecified atom stereocenters. The standard InChI is InChI=1S/C9H6F7N.ClH/c10-5-1-4(2-6(11)3-5)7(17)8(12,13)9(14,15)16;/h1-3,7H,17H2;1H/t7-;/m1./s1. The van der Waals surface area contributed by atoms with E-state index in [1.807, 2.05) is 0 Å². The second-order valence-corrected chi connectivity index (χ2v) is 3.30. The van der Waals surface area contributed by atoms with Crippen LogP contribution >= 0.6 is 12.4 Å². The van der Waals surface area contributed by atoms with E-state index in [0.29, 0.717) is 18.2 Å². The second-order valence-electron chi connectivity index (χ2n) is 3.30. The number of nitrogens with two attached hydrogens (primary N) is 1. The van der Waals surface area contributed by atoms with Crippen molar-refractivity contribution < 1.29 is 30.7 Å². The van der Waals surface area contributed by atoms with Gasteiger partial charge in [0.15, 0.2) is 0 Å². The molecule has 0 amide bonds. The van der Waals surface area contributed by atoms with Gasteiger partial charge in [0, 0.05) is 6.07 Å². The second kappa shape index (κ2) is 5.31. The molecule has 0 heterocycles. The summed E-state index contributed by atoms with van der Waals surface area (Å²) in [6.07, 6.45) is -5.89. The van der Waals surface area contributed by atoms with Crippen LogP contribution in [0.2, 0.25) is 0 Å². The van der Waals surface area contributed by atoms with Gasteiger partial charge in [0.1, 0.15) is 17.7 Å². The lowest BCUT2D eigenvalue weighted by Crippen LogP contribution is -2.45. The molecular formula is C9H7ClF7N. The van der Waals surface area contributed by atoms with E-state index in [1.165, 1.54) is 0 Å². The van der Waals surface area contributed by atoms with Gasteiger partial charge < -0.3 is 5.73 Å². The minimum Gasteiger partial charge on any atom is -0.319 e. The topological polar surface area (TPSA) is 26.0 Å². The Labute approximate surface area is 103 Å². The van der Waals surface area contributed by atoms with E-state index in [1.54, 1.807) is 0 Å². The Hall–Kier alpha value is -1.02. The van der Waals surface area contributed by atoms with Crippen LogP contribution in [0.4, 0.5) is 30.7 Å². The number of alkyl halides is 5. The lowest BCUT2D eigenvalue weighted by molar-refractivity contribution is -0.291. The molecule has 1 aromatic carbocycles. The van der Waals surface area contributed by atoms with Gasteiger partial charge in [-0.3, -0.25) is 0 Å². The molecular weight excluding hydrogens is 291 g/mol. The van der Waals surface area contributed by atoms with Crippen LogP contribution in [0, 0.1) is 11.6 Å². The summed E-state index contributed by atoms with van der Waals surface area (Å²) in [4.78, 5) is 0. The van der Waals surface area contributed by atoms with Gasteiger partial charge in [-0.25, -0.2) is 8.78 Å². The predicted octanol–water partition coefficient (Wildman–Crippen LogP) is 3.58. The van der Waals surface area contributed by atoms with Crippen LogP contribution in [0.15, 0.2) is 18.2 Å². The first-order chi connectivity index (χ1) is 7.55. The summed E-state index contributed by atoms with van der Waals surface area (Å²) < 4.78 is 86.7. The number of halogens is 8. The average molecular weight is 298 g/mol. The van der Waals surface area contributed by atoms with Crippen molar-refractivity contribution in [2.45, 2.75) is 18.1 Å². The van der Waals surface area contributed by atoms with E-state index in [9.17, 15) is 30.7 Å². The fourth-order valence-electron chi connectivity index (χ4n) is 1.14. The van der Waals surface area contributed by atoms with E-state index in [0.717, 1.165) is 0 Å². The van der Waals surface area contributed by atoms with Gasteiger partial charge in [0.05, 0.1) is 0 Å². The lowest BCUT2D eigenvalue weighted by atomic mass is 10.0. The molecule has 0 saturated heterocycles. The fraction of sp³-hybridized carbons (Fsp3) is 0.333. The Balaban J connectivity index is 0.00000289. The monoisotopic (exact) mass is 297 g/mol. The van der Waals surface area contributed by atoms with Gasteiger partial charge in [-0.15, -0.1) is 12.4 Å². The SMILES string of the molecule is Cl.N[C@H](c1cc(F)cc(F)c1)C(F)(F)C(F)(F)F. The van der Waals surface area contributed by atoms with Gasteiger partial charge in [0.25, 0.3) is 0 Å². The van der Waals surface area contributed by atoms with Crippen LogP contribution in [0.3, 0.4) is 0 Å². The molecule has 2 N–H and O–H groups in total. The summed E-state index contributed by atoms with van der Waals surface area (Å²) >= 11 is 0. The Morgan fingerprint density at radius 2 is 1.28 bits per heavy atom. The van der Waals surface area contributed by atoms with Crippen molar-refractivity contribution in [1.29, 1.82) is 0 Å². The first-order valence-electron chi connectivity index (χ1n) is 4.22. The molecule has 0 radical (unpaired) electrons. The van der Waals surface area contributed by atoms with Crippen molar-refractivity contribution >= 4 is 12.4 Å². The molecule has 1 aromatic rings. The van der Waals surface area contributed by atoms with Gasteiger partial charge >= 0.3 is 12.1 Å². The van der Waals surface area contributed by atoms with Crippen molar-refractivity contribution in [3.63, 3.8) is 0 Å². The van der Waals surface area contributed by atoms with Crippen LogP contribution in [0.5, 0.6) is 0 Å². The van der Waals surface area contributed by atoms with Crippen molar-refractivity contribution in [2.24, 2.45) is 5.73 Å². The predicted molar refractivity (Wildman–Crippen MR) is 51.5 cm³/mol. The number of benzene rings is 1. The summed E-state index contributed by atoms with van der Waals surface area (Å²) in [7, 11) is 0. The molecule has 1 rings (SSSR count). The average Bonchev–Trinajstić information content (AvgIpc) is 2.13. The van der Waals surface area contributed by atoms with E-state index >= 15 is 0 Å². The fourth-order valence-corrected chi connectivity index (χ4v) is 1.14. The normalized spacial score (nSPS) is 14.0. The summed E-state index contributed by atoms with van der Waals surface area (Å²) in [5, 5.41) is 0. The third kappa shape index (κ3) is 3.26.